The molecule has 2 N–H and O–H groups in total. The smallest absolute Gasteiger partial charge is 0.251 e. The summed E-state index contributed by atoms with van der Waals surface area (Å²) in [7, 11) is 0. The van der Waals surface area contributed by atoms with Gasteiger partial charge in [0.25, 0.3) is 5.91 Å². The number of hydrogen-bond acceptors (Lipinski definition) is 3. The Morgan fingerprint density at radius 3 is 2.74 bits per heavy atom. The third-order valence-electron chi connectivity index (χ3n) is 3.26. The molecule has 4 nitrogen and oxygen atoms in total. The van der Waals surface area contributed by atoms with Crippen molar-refractivity contribution >= 4 is 11.7 Å². The van der Waals surface area contributed by atoms with E-state index in [0.717, 1.165) is 25.2 Å². The summed E-state index contributed by atoms with van der Waals surface area (Å²) in [6, 6.07) is 3.54. The second-order valence-corrected chi connectivity index (χ2v) is 5.56. The molecule has 0 aliphatic heterocycles. The number of amides is 1. The first kappa shape index (κ1) is 15.5. The van der Waals surface area contributed by atoms with Crippen molar-refractivity contribution in [2.45, 2.75) is 40.5 Å². The first-order valence-electron chi connectivity index (χ1n) is 6.96. The first-order chi connectivity index (χ1) is 8.98. The molecule has 0 radical (unpaired) electrons. The quantitative estimate of drug-likeness (QED) is 0.795. The Kier molecular flexibility index (Phi) is 5.80. The Labute approximate surface area is 116 Å². The average molecular weight is 263 g/mol. The van der Waals surface area contributed by atoms with Crippen molar-refractivity contribution in [2.75, 3.05) is 18.4 Å². The van der Waals surface area contributed by atoms with Crippen LogP contribution in [0.25, 0.3) is 0 Å². The number of pyridine rings is 1. The summed E-state index contributed by atoms with van der Waals surface area (Å²) in [6.45, 7) is 10.1. The lowest BCUT2D eigenvalue weighted by Crippen LogP contribution is -2.33. The van der Waals surface area contributed by atoms with E-state index in [1.807, 2.05) is 0 Å². The molecular formula is C15H25N3O. The zero-order chi connectivity index (χ0) is 14.3. The standard InChI is InChI=1S/C15H25N3O/c1-5-8-16-13-10-12(7-9-17-13)14(19)18-11-15(3,4)6-2/h7,9-10H,5-6,8,11H2,1-4H3,(H,16,17)(H,18,19). The van der Waals surface area contributed by atoms with Gasteiger partial charge in [-0.15, -0.1) is 0 Å². The Morgan fingerprint density at radius 1 is 1.37 bits per heavy atom. The highest BCUT2D eigenvalue weighted by atomic mass is 16.1. The monoisotopic (exact) mass is 263 g/mol. The zero-order valence-corrected chi connectivity index (χ0v) is 12.4. The second kappa shape index (κ2) is 7.12. The molecule has 106 valence electrons. The van der Waals surface area contributed by atoms with Crippen LogP contribution < -0.4 is 10.6 Å². The maximum Gasteiger partial charge on any atom is 0.251 e. The third kappa shape index (κ3) is 5.28. The molecule has 0 aromatic carbocycles. The van der Waals surface area contributed by atoms with Crippen LogP contribution in [-0.4, -0.2) is 24.0 Å². The van der Waals surface area contributed by atoms with Crippen molar-refractivity contribution in [3.8, 4) is 0 Å². The number of hydrogen-bond donors (Lipinski definition) is 2. The first-order valence-corrected chi connectivity index (χ1v) is 6.96. The van der Waals surface area contributed by atoms with E-state index in [9.17, 15) is 4.79 Å². The zero-order valence-electron chi connectivity index (χ0n) is 12.4. The summed E-state index contributed by atoms with van der Waals surface area (Å²) in [5.41, 5.74) is 0.784. The van der Waals surface area contributed by atoms with Gasteiger partial charge in [-0.05, 0) is 30.4 Å². The van der Waals surface area contributed by atoms with E-state index in [-0.39, 0.29) is 11.3 Å². The normalized spacial score (nSPS) is 11.2. The van der Waals surface area contributed by atoms with Crippen LogP contribution in [-0.2, 0) is 0 Å². The largest absolute Gasteiger partial charge is 0.370 e. The van der Waals surface area contributed by atoms with Crippen LogP contribution in [0.1, 0.15) is 50.9 Å². The van der Waals surface area contributed by atoms with E-state index in [1.54, 1.807) is 18.3 Å². The van der Waals surface area contributed by atoms with Crippen LogP contribution in [0, 0.1) is 5.41 Å². The van der Waals surface area contributed by atoms with E-state index in [0.29, 0.717) is 12.1 Å². The van der Waals surface area contributed by atoms with Crippen molar-refractivity contribution in [1.29, 1.82) is 0 Å². The third-order valence-corrected chi connectivity index (χ3v) is 3.26. The van der Waals surface area contributed by atoms with Gasteiger partial charge >= 0.3 is 0 Å². The predicted molar refractivity (Wildman–Crippen MR) is 79.4 cm³/mol. The van der Waals surface area contributed by atoms with Gasteiger partial charge < -0.3 is 10.6 Å². The minimum absolute atomic E-state index is 0.0385. The number of nitrogens with zero attached hydrogens (tertiary/aromatic N) is 1. The molecule has 4 heteroatoms. The Morgan fingerprint density at radius 2 is 2.11 bits per heavy atom. The lowest BCUT2D eigenvalue weighted by atomic mass is 9.90. The Hall–Kier alpha value is -1.58. The van der Waals surface area contributed by atoms with Gasteiger partial charge in [0.15, 0.2) is 0 Å². The van der Waals surface area contributed by atoms with Gasteiger partial charge in [0.2, 0.25) is 0 Å². The molecule has 0 saturated heterocycles. The molecule has 0 saturated carbocycles. The van der Waals surface area contributed by atoms with Crippen molar-refractivity contribution < 1.29 is 4.79 Å². The summed E-state index contributed by atoms with van der Waals surface area (Å²) < 4.78 is 0. The maximum atomic E-state index is 12.1. The average Bonchev–Trinajstić information content (AvgIpc) is 2.43. The van der Waals surface area contributed by atoms with E-state index >= 15 is 0 Å². The van der Waals surface area contributed by atoms with E-state index in [4.69, 9.17) is 0 Å². The molecule has 1 rings (SSSR count). The number of nitrogens with one attached hydrogen (secondary N) is 2. The van der Waals surface area contributed by atoms with Crippen LogP contribution in [0.15, 0.2) is 18.3 Å². The molecule has 0 aliphatic rings. The van der Waals surface area contributed by atoms with Gasteiger partial charge in [-0.25, -0.2) is 4.98 Å². The number of carbonyl (C=O) groups is 1. The molecule has 1 aromatic rings. The van der Waals surface area contributed by atoms with Crippen LogP contribution in [0.2, 0.25) is 0 Å². The number of carbonyl (C=O) groups excluding carboxylic acids is 1. The summed E-state index contributed by atoms with van der Waals surface area (Å²) >= 11 is 0. The molecule has 1 amide bonds. The lowest BCUT2D eigenvalue weighted by molar-refractivity contribution is 0.0935. The fourth-order valence-electron chi connectivity index (χ4n) is 1.47. The molecule has 1 aromatic heterocycles. The Balaban J connectivity index is 2.61. The predicted octanol–water partition coefficient (Wildman–Crippen LogP) is 3.07. The van der Waals surface area contributed by atoms with Gasteiger partial charge in [0.05, 0.1) is 0 Å². The molecule has 0 fully saturated rings. The molecule has 0 bridgehead atoms. The van der Waals surface area contributed by atoms with Gasteiger partial charge in [-0.1, -0.05) is 27.7 Å². The molecule has 1 heterocycles. The van der Waals surface area contributed by atoms with Crippen molar-refractivity contribution in [2.24, 2.45) is 5.41 Å². The summed E-state index contributed by atoms with van der Waals surface area (Å²) in [4.78, 5) is 16.3. The number of aromatic nitrogens is 1. The van der Waals surface area contributed by atoms with Crippen LogP contribution in [0.5, 0.6) is 0 Å². The van der Waals surface area contributed by atoms with Gasteiger partial charge in [-0.3, -0.25) is 4.79 Å². The van der Waals surface area contributed by atoms with Crippen LogP contribution in [0.3, 0.4) is 0 Å². The molecule has 0 aliphatic carbocycles. The molecule has 0 unspecified atom stereocenters. The SMILES string of the molecule is CCCNc1cc(C(=O)NCC(C)(C)CC)ccn1. The molecule has 0 spiro atoms. The summed E-state index contributed by atoms with van der Waals surface area (Å²) in [5, 5.41) is 6.16. The molecule has 19 heavy (non-hydrogen) atoms. The summed E-state index contributed by atoms with van der Waals surface area (Å²) in [6.07, 6.45) is 3.73. The summed E-state index contributed by atoms with van der Waals surface area (Å²) in [5.74, 6) is 0.715. The van der Waals surface area contributed by atoms with Crippen LogP contribution in [0.4, 0.5) is 5.82 Å². The minimum Gasteiger partial charge on any atom is -0.370 e. The van der Waals surface area contributed by atoms with Gasteiger partial charge in [0, 0.05) is 24.8 Å². The second-order valence-electron chi connectivity index (χ2n) is 5.56. The topological polar surface area (TPSA) is 54.0 Å². The highest BCUT2D eigenvalue weighted by Gasteiger charge is 2.16. The number of rotatable bonds is 7. The van der Waals surface area contributed by atoms with Crippen molar-refractivity contribution in [3.63, 3.8) is 0 Å². The van der Waals surface area contributed by atoms with Crippen molar-refractivity contribution in [1.82, 2.24) is 10.3 Å². The fraction of sp³-hybridized carbons (Fsp3) is 0.600. The Bertz CT molecular complexity index is 416. The highest BCUT2D eigenvalue weighted by molar-refractivity contribution is 5.94. The maximum absolute atomic E-state index is 12.1. The van der Waals surface area contributed by atoms with Gasteiger partial charge in [-0.2, -0.15) is 0 Å². The van der Waals surface area contributed by atoms with E-state index in [2.05, 4.69) is 43.3 Å². The molecule has 0 atom stereocenters. The van der Waals surface area contributed by atoms with E-state index < -0.39 is 0 Å². The highest BCUT2D eigenvalue weighted by Crippen LogP contribution is 2.18. The minimum atomic E-state index is -0.0385. The molecular weight excluding hydrogens is 238 g/mol. The van der Waals surface area contributed by atoms with Gasteiger partial charge in [0.1, 0.15) is 5.82 Å². The lowest BCUT2D eigenvalue weighted by Gasteiger charge is -2.22. The van der Waals surface area contributed by atoms with E-state index in [1.165, 1.54) is 0 Å². The van der Waals surface area contributed by atoms with Crippen LogP contribution >= 0.6 is 0 Å². The number of anilines is 1. The fourth-order valence-corrected chi connectivity index (χ4v) is 1.47. The van der Waals surface area contributed by atoms with Crippen molar-refractivity contribution in [3.05, 3.63) is 23.9 Å².